The zero-order chi connectivity index (χ0) is 54.7. The number of carbonyl (C=O) groups is 4. The Morgan fingerprint density at radius 2 is 1.43 bits per heavy atom. The number of fused-ring (bicyclic) bond motifs is 4. The van der Waals surface area contributed by atoms with Crippen molar-refractivity contribution < 1.29 is 53.8 Å². The summed E-state index contributed by atoms with van der Waals surface area (Å²) in [6.07, 6.45) is 49.3. The monoisotopic (exact) mass is 984 g/mol. The van der Waals surface area contributed by atoms with Crippen LogP contribution in [0.3, 0.4) is 0 Å². The molecule has 2 saturated heterocycles. The average Bonchev–Trinajstić information content (AvgIpc) is 3.42. The van der Waals surface area contributed by atoms with Gasteiger partial charge in [-0.05, 0) is 121 Å². The molecule has 0 aromatic rings. The number of nitrogens with zero attached hydrogens (tertiary/aromatic N) is 1. The van der Waals surface area contributed by atoms with Crippen LogP contribution in [0.1, 0.15) is 170 Å². The van der Waals surface area contributed by atoms with E-state index in [0.717, 1.165) is 83.2 Å². The third-order valence-electron chi connectivity index (χ3n) is 13.1. The maximum absolute atomic E-state index is 14.3. The van der Waals surface area contributed by atoms with Crippen molar-refractivity contribution in [2.24, 2.45) is 23.7 Å². The molecule has 12 nitrogen and oxygen atoms in total. The van der Waals surface area contributed by atoms with Gasteiger partial charge in [0.15, 0.2) is 0 Å². The molecule has 1 saturated carbocycles. The minimum Gasteiger partial charge on any atom is -0.467 e. The molecule has 4 bridgehead atoms. The zero-order valence-electron chi connectivity index (χ0n) is 45.3. The number of allylic oxidation sites excluding steroid dienone is 7. The first-order chi connectivity index (χ1) is 33.9. The van der Waals surface area contributed by atoms with Crippen LogP contribution in [-0.4, -0.2) is 114 Å². The number of aliphatic hydroxyl groups excluding tert-OH is 3. The topological polar surface area (TPSA) is 180 Å². The molecular formula is C58H97NO11. The smallest absolute Gasteiger partial charge is 0.328 e. The van der Waals surface area contributed by atoms with E-state index in [1.54, 1.807) is 14.0 Å². The Labute approximate surface area is 426 Å². The summed E-state index contributed by atoms with van der Waals surface area (Å²) in [7, 11) is 5.04. The van der Waals surface area contributed by atoms with Gasteiger partial charge in [-0.3, -0.25) is 14.4 Å². The third-order valence-corrected chi connectivity index (χ3v) is 13.1. The van der Waals surface area contributed by atoms with Crippen LogP contribution in [0, 0.1) is 62.2 Å². The zero-order valence-corrected chi connectivity index (χ0v) is 45.3. The van der Waals surface area contributed by atoms with Gasteiger partial charge < -0.3 is 39.5 Å². The summed E-state index contributed by atoms with van der Waals surface area (Å²) in [5, 5.41) is 36.7. The van der Waals surface area contributed by atoms with E-state index in [9.17, 15) is 29.4 Å². The van der Waals surface area contributed by atoms with E-state index in [-0.39, 0.29) is 36.7 Å². The van der Waals surface area contributed by atoms with Crippen molar-refractivity contribution in [3.63, 3.8) is 0 Å². The third kappa shape index (κ3) is 26.2. The minimum absolute atomic E-state index is 0.0592. The van der Waals surface area contributed by atoms with Crippen LogP contribution >= 0.6 is 0 Å². The summed E-state index contributed by atoms with van der Waals surface area (Å²) < 4.78 is 17.2. The van der Waals surface area contributed by atoms with Crippen molar-refractivity contribution in [2.75, 3.05) is 35.0 Å². The standard InChI is InChI=1S/C46H71NO9.2C2H6.3C2H2.2CH4O/c1-32-16-12-10-8-6-7-9-11-13-20-41(49)33(2)22-25-37(48)26-24-36(30-35-17-14-18-39(31-35)54-4)40-19-15-29-47(42(40)45(52)55-5)44(51)43(50)46(53)34(3)23-28-38(56-46)27-21-32;7*1-2/h6,8,10,12,16,22,34-36,38-42,49,53H,7,9,11,13-15,17-21,23-31H2,1-5H3;2*1-2H3;3*1-2H;2*2H,1H3/b8-6+,12-10+,32-16+,33-22+;;;;;;;/t34-,35+,36?,38-,39+,40-,41+,42+,46-;;;;;;;/m1......./s1. The number of hydrogen-bond donors (Lipinski definition) is 4. The maximum atomic E-state index is 14.3. The maximum Gasteiger partial charge on any atom is 0.328 e. The molecule has 0 radical (unpaired) electrons. The molecule has 4 rings (SSSR count). The van der Waals surface area contributed by atoms with E-state index in [1.165, 1.54) is 12.0 Å². The van der Waals surface area contributed by atoms with Gasteiger partial charge in [0.1, 0.15) is 11.8 Å². The number of rotatable bonds is 4. The van der Waals surface area contributed by atoms with Gasteiger partial charge in [0.05, 0.1) is 25.4 Å². The van der Waals surface area contributed by atoms with Crippen LogP contribution in [0.25, 0.3) is 0 Å². The van der Waals surface area contributed by atoms with Gasteiger partial charge in [0.25, 0.3) is 11.7 Å². The fourth-order valence-electron chi connectivity index (χ4n) is 9.39. The first-order valence-corrected chi connectivity index (χ1v) is 25.5. The van der Waals surface area contributed by atoms with Crippen LogP contribution in [0.5, 0.6) is 0 Å². The number of esters is 1. The Hall–Kier alpha value is -4.32. The van der Waals surface area contributed by atoms with Gasteiger partial charge in [-0.2, -0.15) is 0 Å². The van der Waals surface area contributed by atoms with Crippen LogP contribution in [0.4, 0.5) is 0 Å². The molecule has 0 aromatic heterocycles. The molecule has 0 aromatic carbocycles. The van der Waals surface area contributed by atoms with E-state index >= 15 is 0 Å². The number of ketones is 2. The predicted octanol–water partition coefficient (Wildman–Crippen LogP) is 9.92. The SMILES string of the molecule is C#C.C#C.C#C.CC.CC.CO.CO.COC(=O)[C@@H]1[C@@H]2CCCN1C(=O)C(=O)[C@]1(O)O[C@H](CC/C(C)=C/C=C/C=C/CCCCC[C@H](O)/C(C)=C/CC(=O)CCC2C[C@@H]2CCC[C@H](OC)C2)CC[C@H]1C. The lowest BCUT2D eigenvalue weighted by Crippen LogP contribution is -2.62. The number of carbonyl (C=O) groups excluding carboxylic acids is 4. The molecule has 12 heteroatoms. The Morgan fingerprint density at radius 3 is 2.04 bits per heavy atom. The van der Waals surface area contributed by atoms with Crippen LogP contribution < -0.4 is 0 Å². The quantitative estimate of drug-likeness (QED) is 0.0912. The van der Waals surface area contributed by atoms with E-state index in [2.05, 4.69) is 50.7 Å². The second kappa shape index (κ2) is 45.8. The number of terminal acetylenes is 3. The summed E-state index contributed by atoms with van der Waals surface area (Å²) in [5.74, 6) is -5.53. The number of amides is 1. The fourth-order valence-corrected chi connectivity index (χ4v) is 9.39. The van der Waals surface area contributed by atoms with Crippen molar-refractivity contribution in [1.29, 1.82) is 0 Å². The van der Waals surface area contributed by atoms with Crippen LogP contribution in [0.15, 0.2) is 47.6 Å². The summed E-state index contributed by atoms with van der Waals surface area (Å²) in [5.41, 5.74) is 1.94. The molecule has 0 spiro atoms. The molecule has 400 valence electrons. The summed E-state index contributed by atoms with van der Waals surface area (Å²) in [6, 6.07) is -1.03. The van der Waals surface area contributed by atoms with Gasteiger partial charge >= 0.3 is 5.97 Å². The molecule has 4 N–H and O–H groups in total. The van der Waals surface area contributed by atoms with Gasteiger partial charge in [0, 0.05) is 46.6 Å². The Balaban J connectivity index is -0.00000142. The highest BCUT2D eigenvalue weighted by Crippen LogP contribution is 2.42. The summed E-state index contributed by atoms with van der Waals surface area (Å²) in [6.45, 7) is 13.8. The van der Waals surface area contributed by atoms with Crippen molar-refractivity contribution in [3.8, 4) is 38.5 Å². The molecule has 4 aliphatic rings. The molecule has 3 heterocycles. The number of aliphatic hydroxyl groups is 4. The molecule has 1 unspecified atom stereocenters. The Kier molecular flexibility index (Phi) is 47.2. The lowest BCUT2D eigenvalue weighted by atomic mass is 9.70. The fraction of sp³-hybridized carbons (Fsp3) is 0.690. The second-order valence-electron chi connectivity index (χ2n) is 17.2. The first kappa shape index (κ1) is 72.2. The number of hydrogen-bond acceptors (Lipinski definition) is 11. The molecule has 70 heavy (non-hydrogen) atoms. The largest absolute Gasteiger partial charge is 0.467 e. The highest BCUT2D eigenvalue weighted by atomic mass is 16.6. The van der Waals surface area contributed by atoms with Gasteiger partial charge in [-0.1, -0.05) is 102 Å². The van der Waals surface area contributed by atoms with Crippen LogP contribution in [0.2, 0.25) is 0 Å². The van der Waals surface area contributed by atoms with Gasteiger partial charge in [0.2, 0.25) is 5.79 Å². The van der Waals surface area contributed by atoms with Crippen molar-refractivity contribution >= 4 is 23.4 Å². The highest BCUT2D eigenvalue weighted by molar-refractivity contribution is 6.39. The minimum atomic E-state index is -2.31. The predicted molar refractivity (Wildman–Crippen MR) is 286 cm³/mol. The summed E-state index contributed by atoms with van der Waals surface area (Å²) >= 11 is 0. The molecule has 1 amide bonds. The van der Waals surface area contributed by atoms with Gasteiger partial charge in [-0.25, -0.2) is 4.79 Å². The molecule has 9 atom stereocenters. The number of ether oxygens (including phenoxy) is 3. The van der Waals surface area contributed by atoms with E-state index in [4.69, 9.17) is 24.4 Å². The average molecular weight is 984 g/mol. The molecule has 3 fully saturated rings. The Morgan fingerprint density at radius 1 is 0.786 bits per heavy atom. The Bertz CT molecular complexity index is 1560. The van der Waals surface area contributed by atoms with E-state index in [1.807, 2.05) is 65.8 Å². The number of piperidine rings is 1. The van der Waals surface area contributed by atoms with Crippen molar-refractivity contribution in [1.82, 2.24) is 4.90 Å². The number of Topliss-reactive ketones (excluding diaryl/α,β-unsaturated/α-hetero) is 2. The van der Waals surface area contributed by atoms with Crippen molar-refractivity contribution in [3.05, 3.63) is 47.6 Å². The lowest BCUT2D eigenvalue weighted by molar-refractivity contribution is -0.263. The lowest BCUT2D eigenvalue weighted by Gasteiger charge is -2.45. The molecule has 3 aliphatic heterocycles. The van der Waals surface area contributed by atoms with E-state index in [0.29, 0.717) is 63.7 Å². The van der Waals surface area contributed by atoms with Crippen LogP contribution in [-0.2, 0) is 33.4 Å². The highest BCUT2D eigenvalue weighted by Gasteiger charge is 2.54. The first-order valence-electron chi connectivity index (χ1n) is 25.5. The van der Waals surface area contributed by atoms with Crippen molar-refractivity contribution in [2.45, 2.75) is 201 Å². The van der Waals surface area contributed by atoms with Gasteiger partial charge in [-0.15, -0.1) is 38.5 Å². The number of methoxy groups -OCH3 is 2. The molecule has 1 aliphatic carbocycles. The summed E-state index contributed by atoms with van der Waals surface area (Å²) in [4.78, 5) is 57.0. The molecular weight excluding hydrogens is 887 g/mol. The second-order valence-corrected chi connectivity index (χ2v) is 17.2. The normalized spacial score (nSPS) is 30.4. The van der Waals surface area contributed by atoms with E-state index < -0.39 is 47.6 Å².